The fourth-order valence-electron chi connectivity index (χ4n) is 2.19. The van der Waals surface area contributed by atoms with E-state index in [9.17, 15) is 9.18 Å². The average molecular weight is 350 g/mol. The van der Waals surface area contributed by atoms with Gasteiger partial charge in [-0.25, -0.2) is 9.37 Å². The van der Waals surface area contributed by atoms with Crippen LogP contribution in [-0.2, 0) is 6.42 Å². The molecule has 0 N–H and O–H groups in total. The number of aromatic nitrogens is 1. The minimum absolute atomic E-state index is 0.0320. The number of nitrogens with zero attached hydrogens (tertiary/aromatic N) is 2. The highest BCUT2D eigenvalue weighted by atomic mass is 32.1. The third kappa shape index (κ3) is 5.03. The molecule has 0 saturated carbocycles. The predicted molar refractivity (Wildman–Crippen MR) is 94.3 cm³/mol. The summed E-state index contributed by atoms with van der Waals surface area (Å²) in [4.78, 5) is 19.4. The van der Waals surface area contributed by atoms with Crippen molar-refractivity contribution in [3.05, 3.63) is 45.7 Å². The van der Waals surface area contributed by atoms with Crippen LogP contribution < -0.4 is 4.74 Å². The van der Waals surface area contributed by atoms with Crippen molar-refractivity contribution < 1.29 is 13.9 Å². The van der Waals surface area contributed by atoms with E-state index in [2.05, 4.69) is 11.9 Å². The molecule has 24 heavy (non-hydrogen) atoms. The van der Waals surface area contributed by atoms with Gasteiger partial charge in [0.25, 0.3) is 5.91 Å². The molecule has 130 valence electrons. The van der Waals surface area contributed by atoms with Gasteiger partial charge in [0.05, 0.1) is 17.2 Å². The lowest BCUT2D eigenvalue weighted by Crippen LogP contribution is -2.30. The summed E-state index contributed by atoms with van der Waals surface area (Å²) in [5.41, 5.74) is 0.794. The lowest BCUT2D eigenvalue weighted by atomic mass is 10.3. The monoisotopic (exact) mass is 350 g/mol. The number of ether oxygens (including phenoxy) is 1. The van der Waals surface area contributed by atoms with E-state index in [1.54, 1.807) is 24.1 Å². The molecule has 4 nitrogen and oxygen atoms in total. The van der Waals surface area contributed by atoms with Crippen LogP contribution in [0.25, 0.3) is 0 Å². The first kappa shape index (κ1) is 18.4. The fourth-order valence-corrected chi connectivity index (χ4v) is 3.29. The summed E-state index contributed by atoms with van der Waals surface area (Å²) in [6, 6.07) is 5.85. The summed E-state index contributed by atoms with van der Waals surface area (Å²) in [7, 11) is 1.75. The number of aryl methyl sites for hydroxylation is 2. The fraction of sp³-hybridized carbons (Fsp3) is 0.444. The number of thiazole rings is 1. The van der Waals surface area contributed by atoms with Gasteiger partial charge in [-0.05, 0) is 44.0 Å². The molecular weight excluding hydrogens is 327 g/mol. The van der Waals surface area contributed by atoms with Crippen molar-refractivity contribution in [3.8, 4) is 5.75 Å². The van der Waals surface area contributed by atoms with Gasteiger partial charge >= 0.3 is 0 Å². The summed E-state index contributed by atoms with van der Waals surface area (Å²) in [5, 5.41) is 1.02. The van der Waals surface area contributed by atoms with Crippen LogP contribution in [-0.4, -0.2) is 36.0 Å². The summed E-state index contributed by atoms with van der Waals surface area (Å²) in [6.07, 6.45) is 3.12. The minimum atomic E-state index is -0.297. The van der Waals surface area contributed by atoms with Gasteiger partial charge in [-0.15, -0.1) is 11.3 Å². The van der Waals surface area contributed by atoms with Gasteiger partial charge in [0.2, 0.25) is 0 Å². The molecule has 0 aliphatic rings. The molecule has 1 heterocycles. The van der Waals surface area contributed by atoms with E-state index in [1.807, 2.05) is 6.92 Å². The summed E-state index contributed by atoms with van der Waals surface area (Å²) >= 11 is 1.48. The van der Waals surface area contributed by atoms with Crippen molar-refractivity contribution in [1.29, 1.82) is 0 Å². The Hall–Kier alpha value is -1.95. The van der Waals surface area contributed by atoms with Gasteiger partial charge in [0.1, 0.15) is 23.1 Å². The van der Waals surface area contributed by atoms with Crippen LogP contribution in [0.5, 0.6) is 5.75 Å². The highest BCUT2D eigenvalue weighted by molar-refractivity contribution is 7.13. The first-order chi connectivity index (χ1) is 11.5. The van der Waals surface area contributed by atoms with Crippen LogP contribution in [0.4, 0.5) is 4.39 Å². The van der Waals surface area contributed by atoms with E-state index >= 15 is 0 Å². The maximum Gasteiger partial charge on any atom is 0.265 e. The molecule has 0 aliphatic carbocycles. The Labute approximate surface area is 146 Å². The molecule has 0 spiro atoms. The van der Waals surface area contributed by atoms with Crippen molar-refractivity contribution in [2.75, 3.05) is 20.2 Å². The second kappa shape index (κ2) is 8.78. The summed E-state index contributed by atoms with van der Waals surface area (Å²) < 4.78 is 18.4. The number of hydrogen-bond acceptors (Lipinski definition) is 4. The lowest BCUT2D eigenvalue weighted by molar-refractivity contribution is 0.0777. The lowest BCUT2D eigenvalue weighted by Gasteiger charge is -2.17. The SMILES string of the molecule is CCCCc1nc(C)c(C(=O)N(C)CCOc2ccc(F)cc2)s1. The average Bonchev–Trinajstić information content (AvgIpc) is 2.94. The minimum Gasteiger partial charge on any atom is -0.492 e. The van der Waals surface area contributed by atoms with Crippen molar-refractivity contribution in [3.63, 3.8) is 0 Å². The van der Waals surface area contributed by atoms with Crippen molar-refractivity contribution in [1.82, 2.24) is 9.88 Å². The maximum atomic E-state index is 12.8. The Bertz CT molecular complexity index is 670. The molecule has 0 radical (unpaired) electrons. The predicted octanol–water partition coefficient (Wildman–Crippen LogP) is 4.08. The molecule has 0 unspecified atom stereocenters. The summed E-state index contributed by atoms with van der Waals surface area (Å²) in [5.74, 6) is 0.262. The molecule has 6 heteroatoms. The van der Waals surface area contributed by atoms with Gasteiger partial charge in [0.15, 0.2) is 0 Å². The number of hydrogen-bond donors (Lipinski definition) is 0. The van der Waals surface area contributed by atoms with Crippen LogP contribution in [0, 0.1) is 12.7 Å². The van der Waals surface area contributed by atoms with E-state index in [1.165, 1.54) is 23.5 Å². The second-order valence-corrected chi connectivity index (χ2v) is 6.74. The van der Waals surface area contributed by atoms with E-state index in [0.29, 0.717) is 23.8 Å². The first-order valence-corrected chi connectivity index (χ1v) is 8.93. The van der Waals surface area contributed by atoms with Gasteiger partial charge in [-0.3, -0.25) is 4.79 Å². The highest BCUT2D eigenvalue weighted by Gasteiger charge is 2.18. The maximum absolute atomic E-state index is 12.8. The Morgan fingerprint density at radius 2 is 2.04 bits per heavy atom. The number of carbonyl (C=O) groups excluding carboxylic acids is 1. The number of rotatable bonds is 8. The molecule has 0 aliphatic heterocycles. The van der Waals surface area contributed by atoms with Crippen LogP contribution in [0.1, 0.15) is 40.1 Å². The molecule has 0 saturated heterocycles. The zero-order valence-electron chi connectivity index (χ0n) is 14.3. The smallest absolute Gasteiger partial charge is 0.265 e. The molecule has 2 aromatic rings. The van der Waals surface area contributed by atoms with Crippen molar-refractivity contribution in [2.45, 2.75) is 33.1 Å². The van der Waals surface area contributed by atoms with Crippen LogP contribution in [0.3, 0.4) is 0 Å². The zero-order chi connectivity index (χ0) is 17.5. The van der Waals surface area contributed by atoms with Crippen LogP contribution in [0.2, 0.25) is 0 Å². The molecule has 0 atom stereocenters. The van der Waals surface area contributed by atoms with E-state index in [0.717, 1.165) is 30.0 Å². The second-order valence-electron chi connectivity index (χ2n) is 5.65. The van der Waals surface area contributed by atoms with Crippen LogP contribution in [0.15, 0.2) is 24.3 Å². The molecule has 0 fully saturated rings. The molecule has 2 rings (SSSR count). The van der Waals surface area contributed by atoms with Crippen LogP contribution >= 0.6 is 11.3 Å². The number of halogens is 1. The zero-order valence-corrected chi connectivity index (χ0v) is 15.2. The van der Waals surface area contributed by atoms with E-state index < -0.39 is 0 Å². The Balaban J connectivity index is 1.87. The van der Waals surface area contributed by atoms with E-state index in [-0.39, 0.29) is 11.7 Å². The largest absolute Gasteiger partial charge is 0.492 e. The number of likely N-dealkylation sites (N-methyl/N-ethyl adjacent to an activating group) is 1. The number of unbranched alkanes of at least 4 members (excludes halogenated alkanes) is 1. The van der Waals surface area contributed by atoms with Crippen molar-refractivity contribution in [2.24, 2.45) is 0 Å². The molecule has 1 aromatic heterocycles. The molecule has 1 aromatic carbocycles. The van der Waals surface area contributed by atoms with Gasteiger partial charge in [-0.1, -0.05) is 13.3 Å². The van der Waals surface area contributed by atoms with Crippen molar-refractivity contribution >= 4 is 17.2 Å². The number of carbonyl (C=O) groups is 1. The Kier molecular flexibility index (Phi) is 6.73. The normalized spacial score (nSPS) is 10.7. The molecule has 0 bridgehead atoms. The van der Waals surface area contributed by atoms with Gasteiger partial charge in [0, 0.05) is 7.05 Å². The van der Waals surface area contributed by atoms with Gasteiger partial charge < -0.3 is 9.64 Å². The summed E-state index contributed by atoms with van der Waals surface area (Å²) in [6.45, 7) is 4.83. The third-order valence-electron chi connectivity index (χ3n) is 3.64. The van der Waals surface area contributed by atoms with Gasteiger partial charge in [-0.2, -0.15) is 0 Å². The van der Waals surface area contributed by atoms with E-state index in [4.69, 9.17) is 4.74 Å². The molecule has 1 amide bonds. The Morgan fingerprint density at radius 1 is 1.33 bits per heavy atom. The standard InChI is InChI=1S/C18H23FN2O2S/c1-4-5-6-16-20-13(2)17(24-16)18(22)21(3)11-12-23-15-9-7-14(19)8-10-15/h7-10H,4-6,11-12H2,1-3H3. The highest BCUT2D eigenvalue weighted by Crippen LogP contribution is 2.21. The molecular formula is C18H23FN2O2S. The number of amides is 1. The quantitative estimate of drug-likeness (QED) is 0.720. The topological polar surface area (TPSA) is 42.4 Å². The Morgan fingerprint density at radius 3 is 2.71 bits per heavy atom. The number of benzene rings is 1. The third-order valence-corrected chi connectivity index (χ3v) is 4.84. The first-order valence-electron chi connectivity index (χ1n) is 8.11.